The summed E-state index contributed by atoms with van der Waals surface area (Å²) in [5.41, 5.74) is 1.51. The molecule has 0 fully saturated rings. The van der Waals surface area contributed by atoms with Gasteiger partial charge in [0.25, 0.3) is 0 Å². The average Bonchev–Trinajstić information content (AvgIpc) is 2.60. The summed E-state index contributed by atoms with van der Waals surface area (Å²) in [6, 6.07) is 3.57. The summed E-state index contributed by atoms with van der Waals surface area (Å²) in [6.45, 7) is 0. The van der Waals surface area contributed by atoms with Gasteiger partial charge in [-0.15, -0.1) is 11.6 Å². The lowest BCUT2D eigenvalue weighted by molar-refractivity contribution is 0.0699. The van der Waals surface area contributed by atoms with Gasteiger partial charge in [-0.3, -0.25) is 0 Å². The van der Waals surface area contributed by atoms with Crippen LogP contribution in [-0.2, 0) is 5.88 Å². The standard InChI is InChI=1S/C9H7ClN2O2/c10-4-6-2-1-3-12-8(6)7(5-11-12)9(13)14/h1-3,5H,4H2,(H,13,14). The monoisotopic (exact) mass is 210 g/mol. The van der Waals surface area contributed by atoms with Crippen molar-refractivity contribution in [1.82, 2.24) is 9.61 Å². The van der Waals surface area contributed by atoms with Gasteiger partial charge < -0.3 is 5.11 Å². The fourth-order valence-electron chi connectivity index (χ4n) is 1.38. The number of alkyl halides is 1. The van der Waals surface area contributed by atoms with Gasteiger partial charge in [0, 0.05) is 12.1 Å². The van der Waals surface area contributed by atoms with Crippen LogP contribution in [0.5, 0.6) is 0 Å². The molecule has 0 aliphatic carbocycles. The Morgan fingerprint density at radius 3 is 3.07 bits per heavy atom. The zero-order valence-corrected chi connectivity index (χ0v) is 7.90. The molecule has 0 unspecified atom stereocenters. The van der Waals surface area contributed by atoms with Crippen LogP contribution >= 0.6 is 11.6 Å². The van der Waals surface area contributed by atoms with Crippen LogP contribution in [-0.4, -0.2) is 20.7 Å². The highest BCUT2D eigenvalue weighted by atomic mass is 35.5. The number of aromatic nitrogens is 2. The number of fused-ring (bicyclic) bond motifs is 1. The fourth-order valence-corrected chi connectivity index (χ4v) is 1.60. The van der Waals surface area contributed by atoms with Crippen molar-refractivity contribution >= 4 is 23.1 Å². The Morgan fingerprint density at radius 1 is 1.64 bits per heavy atom. The molecular formula is C9H7ClN2O2. The maximum atomic E-state index is 10.8. The minimum Gasteiger partial charge on any atom is -0.478 e. The van der Waals surface area contributed by atoms with Crippen molar-refractivity contribution in [3.8, 4) is 0 Å². The summed E-state index contributed by atoms with van der Waals surface area (Å²) in [5, 5.41) is 12.8. The van der Waals surface area contributed by atoms with Crippen molar-refractivity contribution in [2.75, 3.05) is 0 Å². The first-order chi connectivity index (χ1) is 6.74. The SMILES string of the molecule is O=C(O)c1cnn2cccc(CCl)c12. The van der Waals surface area contributed by atoms with Gasteiger partial charge in [-0.1, -0.05) is 6.07 Å². The Kier molecular flexibility index (Phi) is 2.13. The molecule has 0 spiro atoms. The van der Waals surface area contributed by atoms with Gasteiger partial charge in [0.05, 0.1) is 11.7 Å². The molecule has 0 bridgehead atoms. The molecule has 2 aromatic heterocycles. The van der Waals surface area contributed by atoms with E-state index >= 15 is 0 Å². The highest BCUT2D eigenvalue weighted by Crippen LogP contribution is 2.17. The van der Waals surface area contributed by atoms with Crippen LogP contribution in [0.15, 0.2) is 24.5 Å². The normalized spacial score (nSPS) is 10.6. The molecule has 2 heterocycles. The molecule has 0 aliphatic rings. The van der Waals surface area contributed by atoms with Crippen molar-refractivity contribution in [1.29, 1.82) is 0 Å². The molecule has 1 N–H and O–H groups in total. The highest BCUT2D eigenvalue weighted by Gasteiger charge is 2.13. The molecule has 4 nitrogen and oxygen atoms in total. The first kappa shape index (κ1) is 9.02. The van der Waals surface area contributed by atoms with Crippen LogP contribution in [0.2, 0.25) is 0 Å². The van der Waals surface area contributed by atoms with Crippen LogP contribution in [0.25, 0.3) is 5.52 Å². The average molecular weight is 211 g/mol. The number of aromatic carboxylic acids is 1. The lowest BCUT2D eigenvalue weighted by atomic mass is 10.2. The number of pyridine rings is 1. The molecule has 0 aliphatic heterocycles. The lowest BCUT2D eigenvalue weighted by Crippen LogP contribution is -1.98. The van der Waals surface area contributed by atoms with Gasteiger partial charge in [-0.05, 0) is 11.6 Å². The third kappa shape index (κ3) is 1.24. The number of carboxylic acid groups (broad SMARTS) is 1. The minimum atomic E-state index is -0.988. The van der Waals surface area contributed by atoms with E-state index in [4.69, 9.17) is 16.7 Å². The Bertz CT molecular complexity index is 493. The predicted octanol–water partition coefficient (Wildman–Crippen LogP) is 1.77. The zero-order valence-electron chi connectivity index (χ0n) is 7.14. The maximum Gasteiger partial charge on any atom is 0.339 e. The molecule has 72 valence electrons. The molecule has 0 atom stereocenters. The highest BCUT2D eigenvalue weighted by molar-refractivity contribution is 6.17. The number of hydrogen-bond donors (Lipinski definition) is 1. The van der Waals surface area contributed by atoms with E-state index < -0.39 is 5.97 Å². The maximum absolute atomic E-state index is 10.8. The van der Waals surface area contributed by atoms with Crippen LogP contribution in [0, 0.1) is 0 Å². The van der Waals surface area contributed by atoms with Crippen LogP contribution in [0.3, 0.4) is 0 Å². The fraction of sp³-hybridized carbons (Fsp3) is 0.111. The first-order valence-electron chi connectivity index (χ1n) is 3.98. The van der Waals surface area contributed by atoms with E-state index in [-0.39, 0.29) is 11.4 Å². The number of nitrogens with zero attached hydrogens (tertiary/aromatic N) is 2. The summed E-state index contributed by atoms with van der Waals surface area (Å²) in [7, 11) is 0. The van der Waals surface area contributed by atoms with Crippen LogP contribution in [0.1, 0.15) is 15.9 Å². The van der Waals surface area contributed by atoms with E-state index in [0.717, 1.165) is 5.56 Å². The van der Waals surface area contributed by atoms with Gasteiger partial charge in [0.15, 0.2) is 0 Å². The van der Waals surface area contributed by atoms with Crippen molar-refractivity contribution < 1.29 is 9.90 Å². The molecule has 0 saturated heterocycles. The molecule has 0 radical (unpaired) electrons. The van der Waals surface area contributed by atoms with Crippen molar-refractivity contribution in [2.24, 2.45) is 0 Å². The van der Waals surface area contributed by atoms with Crippen molar-refractivity contribution in [3.05, 3.63) is 35.7 Å². The molecule has 14 heavy (non-hydrogen) atoms. The van der Waals surface area contributed by atoms with E-state index in [0.29, 0.717) is 5.52 Å². The quantitative estimate of drug-likeness (QED) is 0.769. The van der Waals surface area contributed by atoms with E-state index in [1.807, 2.05) is 0 Å². The third-order valence-corrected chi connectivity index (χ3v) is 2.29. The summed E-state index contributed by atoms with van der Waals surface area (Å²) >= 11 is 5.71. The van der Waals surface area contributed by atoms with E-state index in [2.05, 4.69) is 5.10 Å². The molecule has 2 rings (SSSR count). The molecular weight excluding hydrogens is 204 g/mol. The third-order valence-electron chi connectivity index (χ3n) is 2.00. The number of carboxylic acids is 1. The number of hydrogen-bond acceptors (Lipinski definition) is 2. The molecule has 0 saturated carbocycles. The van der Waals surface area contributed by atoms with Crippen LogP contribution < -0.4 is 0 Å². The Labute approximate surface area is 84.7 Å². The van der Waals surface area contributed by atoms with Gasteiger partial charge in [0.1, 0.15) is 5.56 Å². The van der Waals surface area contributed by atoms with E-state index in [1.54, 1.807) is 18.3 Å². The second-order valence-corrected chi connectivity index (χ2v) is 3.09. The summed E-state index contributed by atoms with van der Waals surface area (Å²) < 4.78 is 1.52. The Hall–Kier alpha value is -1.55. The minimum absolute atomic E-state index is 0.182. The zero-order chi connectivity index (χ0) is 10.1. The lowest BCUT2D eigenvalue weighted by Gasteiger charge is -1.99. The van der Waals surface area contributed by atoms with Crippen molar-refractivity contribution in [2.45, 2.75) is 5.88 Å². The second kappa shape index (κ2) is 3.31. The number of halogens is 1. The van der Waals surface area contributed by atoms with Gasteiger partial charge >= 0.3 is 5.97 Å². The smallest absolute Gasteiger partial charge is 0.339 e. The molecule has 5 heteroatoms. The predicted molar refractivity (Wildman–Crippen MR) is 51.7 cm³/mol. The van der Waals surface area contributed by atoms with Crippen molar-refractivity contribution in [3.63, 3.8) is 0 Å². The van der Waals surface area contributed by atoms with Crippen LogP contribution in [0.4, 0.5) is 0 Å². The largest absolute Gasteiger partial charge is 0.478 e. The summed E-state index contributed by atoms with van der Waals surface area (Å²) in [4.78, 5) is 10.8. The van der Waals surface area contributed by atoms with Gasteiger partial charge in [-0.25, -0.2) is 9.31 Å². The van der Waals surface area contributed by atoms with E-state index in [1.165, 1.54) is 10.7 Å². The number of carbonyl (C=O) groups is 1. The van der Waals surface area contributed by atoms with Gasteiger partial charge in [-0.2, -0.15) is 5.10 Å². The number of rotatable bonds is 2. The first-order valence-corrected chi connectivity index (χ1v) is 4.52. The Balaban J connectivity index is 2.81. The summed E-state index contributed by atoms with van der Waals surface area (Å²) in [5.74, 6) is -0.714. The molecule has 2 aromatic rings. The summed E-state index contributed by atoms with van der Waals surface area (Å²) in [6.07, 6.45) is 3.02. The van der Waals surface area contributed by atoms with Gasteiger partial charge in [0.2, 0.25) is 0 Å². The Morgan fingerprint density at radius 2 is 2.43 bits per heavy atom. The topological polar surface area (TPSA) is 54.6 Å². The molecule has 0 amide bonds. The van der Waals surface area contributed by atoms with E-state index in [9.17, 15) is 4.79 Å². The molecule has 0 aromatic carbocycles. The second-order valence-electron chi connectivity index (χ2n) is 2.82.